The van der Waals surface area contributed by atoms with E-state index in [1.807, 2.05) is 12.1 Å². The van der Waals surface area contributed by atoms with Crippen LogP contribution in [-0.4, -0.2) is 38.5 Å². The number of aromatic nitrogens is 1. The first-order chi connectivity index (χ1) is 12.1. The van der Waals surface area contributed by atoms with E-state index in [1.165, 1.54) is 0 Å². The summed E-state index contributed by atoms with van der Waals surface area (Å²) in [6.07, 6.45) is 1.66. The number of anilines is 1. The first-order valence-electron chi connectivity index (χ1n) is 7.46. The molecule has 2 N–H and O–H groups in total. The first-order valence-corrected chi connectivity index (χ1v) is 7.87. The fraction of sp³-hybridized carbons (Fsp3) is 0.294. The summed E-state index contributed by atoms with van der Waals surface area (Å²) in [5.41, 5.74) is 0.872. The number of hydrogen-bond acceptors (Lipinski definition) is 6. The largest absolute Gasteiger partial charge is 0.493 e. The molecule has 0 unspecified atom stereocenters. The molecular formula is C17H21N3O4S. The lowest BCUT2D eigenvalue weighted by atomic mass is 10.1. The third-order valence-corrected chi connectivity index (χ3v) is 3.69. The summed E-state index contributed by atoms with van der Waals surface area (Å²) in [7, 11) is 6.30. The molecule has 1 aromatic heterocycles. The molecule has 0 spiro atoms. The maximum Gasteiger partial charge on any atom is 0.203 e. The van der Waals surface area contributed by atoms with Gasteiger partial charge in [0.2, 0.25) is 5.75 Å². The summed E-state index contributed by atoms with van der Waals surface area (Å²) in [5, 5.41) is 6.53. The maximum atomic E-state index is 5.46. The molecule has 0 radical (unpaired) electrons. The smallest absolute Gasteiger partial charge is 0.203 e. The number of hydrogen-bond donors (Lipinski definition) is 2. The van der Waals surface area contributed by atoms with Gasteiger partial charge in [0.15, 0.2) is 28.2 Å². The van der Waals surface area contributed by atoms with Crippen LogP contribution in [0.25, 0.3) is 0 Å². The topological polar surface area (TPSA) is 73.9 Å². The van der Waals surface area contributed by atoms with E-state index >= 15 is 0 Å². The fourth-order valence-corrected chi connectivity index (χ4v) is 2.45. The van der Waals surface area contributed by atoms with Gasteiger partial charge in [-0.1, -0.05) is 0 Å². The summed E-state index contributed by atoms with van der Waals surface area (Å²) in [6.45, 7) is 0.435. The molecule has 0 atom stereocenters. The minimum absolute atomic E-state index is 0.411. The zero-order valence-corrected chi connectivity index (χ0v) is 15.4. The summed E-state index contributed by atoms with van der Waals surface area (Å²) < 4.78 is 21.4. The Labute approximate surface area is 152 Å². The Morgan fingerprint density at radius 1 is 0.960 bits per heavy atom. The van der Waals surface area contributed by atoms with E-state index < -0.39 is 0 Å². The molecule has 0 aliphatic carbocycles. The molecule has 1 aromatic carbocycles. The predicted octanol–water partition coefficient (Wildman–Crippen LogP) is 2.60. The maximum absolute atomic E-state index is 5.46. The Bertz CT molecular complexity index is 740. The zero-order valence-electron chi connectivity index (χ0n) is 14.6. The fourth-order valence-electron chi connectivity index (χ4n) is 2.28. The number of ether oxygens (including phenoxy) is 4. The molecule has 0 aliphatic heterocycles. The molecule has 2 aromatic rings. The van der Waals surface area contributed by atoms with E-state index in [1.54, 1.807) is 46.8 Å². The van der Waals surface area contributed by atoms with E-state index in [4.69, 9.17) is 31.2 Å². The van der Waals surface area contributed by atoms with E-state index in [0.29, 0.717) is 40.5 Å². The highest BCUT2D eigenvalue weighted by Gasteiger charge is 2.16. The van der Waals surface area contributed by atoms with Crippen molar-refractivity contribution >= 4 is 23.1 Å². The van der Waals surface area contributed by atoms with Gasteiger partial charge in [0.05, 0.1) is 28.4 Å². The molecule has 0 aliphatic rings. The van der Waals surface area contributed by atoms with Gasteiger partial charge in [-0.25, -0.2) is 4.98 Å². The number of nitrogens with one attached hydrogen (secondary N) is 2. The molecule has 0 amide bonds. The Balaban J connectivity index is 2.09. The quantitative estimate of drug-likeness (QED) is 0.727. The number of benzene rings is 1. The van der Waals surface area contributed by atoms with Crippen LogP contribution < -0.4 is 29.6 Å². The lowest BCUT2D eigenvalue weighted by Crippen LogP contribution is -2.28. The summed E-state index contributed by atoms with van der Waals surface area (Å²) in [5.74, 6) is 2.88. The van der Waals surface area contributed by atoms with Crippen LogP contribution in [0.3, 0.4) is 0 Å². The Morgan fingerprint density at radius 3 is 2.32 bits per heavy atom. The van der Waals surface area contributed by atoms with Gasteiger partial charge < -0.3 is 29.6 Å². The Kier molecular flexibility index (Phi) is 6.64. The molecule has 134 valence electrons. The standard InChI is InChI=1S/C17H21N3O4S/c1-21-12-8-7-11(14(23-3)15(12)24-4)10-19-17(25)20-16-13(22-2)6-5-9-18-16/h5-9H,10H2,1-4H3,(H2,18,19,20,25). The van der Waals surface area contributed by atoms with E-state index in [-0.39, 0.29) is 0 Å². The number of methoxy groups -OCH3 is 4. The van der Waals surface area contributed by atoms with E-state index in [2.05, 4.69) is 15.6 Å². The van der Waals surface area contributed by atoms with Gasteiger partial charge in [-0.15, -0.1) is 0 Å². The van der Waals surface area contributed by atoms with Crippen LogP contribution in [0.4, 0.5) is 5.82 Å². The predicted molar refractivity (Wildman–Crippen MR) is 99.9 cm³/mol. The van der Waals surface area contributed by atoms with Gasteiger partial charge in [-0.05, 0) is 36.5 Å². The van der Waals surface area contributed by atoms with Crippen LogP contribution in [-0.2, 0) is 6.54 Å². The van der Waals surface area contributed by atoms with Crippen molar-refractivity contribution in [1.82, 2.24) is 10.3 Å². The highest BCUT2D eigenvalue weighted by Crippen LogP contribution is 2.39. The van der Waals surface area contributed by atoms with Crippen molar-refractivity contribution < 1.29 is 18.9 Å². The molecule has 8 heteroatoms. The number of nitrogens with zero attached hydrogens (tertiary/aromatic N) is 1. The molecule has 0 saturated carbocycles. The van der Waals surface area contributed by atoms with Crippen LogP contribution in [0, 0.1) is 0 Å². The van der Waals surface area contributed by atoms with Gasteiger partial charge in [-0.3, -0.25) is 0 Å². The second kappa shape index (κ2) is 8.93. The van der Waals surface area contributed by atoms with Gasteiger partial charge in [0.1, 0.15) is 0 Å². The van der Waals surface area contributed by atoms with Crippen molar-refractivity contribution in [3.8, 4) is 23.0 Å². The second-order valence-corrected chi connectivity index (χ2v) is 5.26. The summed E-state index contributed by atoms with van der Waals surface area (Å²) in [4.78, 5) is 4.20. The van der Waals surface area contributed by atoms with Crippen molar-refractivity contribution in [3.05, 3.63) is 36.0 Å². The zero-order chi connectivity index (χ0) is 18.2. The molecule has 0 bridgehead atoms. The van der Waals surface area contributed by atoms with E-state index in [9.17, 15) is 0 Å². The minimum atomic E-state index is 0.411. The normalized spacial score (nSPS) is 9.92. The number of thiocarbonyl (C=S) groups is 1. The second-order valence-electron chi connectivity index (χ2n) is 4.86. The van der Waals surface area contributed by atoms with E-state index in [0.717, 1.165) is 5.56 Å². The molecular weight excluding hydrogens is 342 g/mol. The lowest BCUT2D eigenvalue weighted by Gasteiger charge is -2.17. The number of rotatable bonds is 7. The average Bonchev–Trinajstić information content (AvgIpc) is 2.65. The molecule has 7 nitrogen and oxygen atoms in total. The van der Waals surface area contributed by atoms with Crippen LogP contribution in [0.15, 0.2) is 30.5 Å². The average molecular weight is 363 g/mol. The van der Waals surface area contributed by atoms with Crippen molar-refractivity contribution in [2.24, 2.45) is 0 Å². The third kappa shape index (κ3) is 4.42. The van der Waals surface area contributed by atoms with Crippen molar-refractivity contribution in [3.63, 3.8) is 0 Å². The van der Waals surface area contributed by atoms with Crippen LogP contribution in [0.2, 0.25) is 0 Å². The van der Waals surface area contributed by atoms with Crippen molar-refractivity contribution in [1.29, 1.82) is 0 Å². The Morgan fingerprint density at radius 2 is 1.68 bits per heavy atom. The lowest BCUT2D eigenvalue weighted by molar-refractivity contribution is 0.322. The molecule has 0 fully saturated rings. The molecule has 25 heavy (non-hydrogen) atoms. The highest BCUT2D eigenvalue weighted by atomic mass is 32.1. The highest BCUT2D eigenvalue weighted by molar-refractivity contribution is 7.80. The van der Waals surface area contributed by atoms with Gasteiger partial charge in [-0.2, -0.15) is 0 Å². The first kappa shape index (κ1) is 18.6. The van der Waals surface area contributed by atoms with Crippen molar-refractivity contribution in [2.45, 2.75) is 6.54 Å². The van der Waals surface area contributed by atoms with Crippen LogP contribution in [0.5, 0.6) is 23.0 Å². The van der Waals surface area contributed by atoms with Crippen LogP contribution >= 0.6 is 12.2 Å². The molecule has 0 saturated heterocycles. The Hall–Kier alpha value is -2.74. The van der Waals surface area contributed by atoms with Gasteiger partial charge >= 0.3 is 0 Å². The molecule has 1 heterocycles. The van der Waals surface area contributed by atoms with Crippen molar-refractivity contribution in [2.75, 3.05) is 33.8 Å². The SMILES string of the molecule is COc1cccnc1NC(=S)NCc1ccc(OC)c(OC)c1OC. The third-order valence-electron chi connectivity index (χ3n) is 3.45. The summed E-state index contributed by atoms with van der Waals surface area (Å²) in [6, 6.07) is 7.29. The molecule has 2 rings (SSSR count). The monoisotopic (exact) mass is 363 g/mol. The van der Waals surface area contributed by atoms with Crippen LogP contribution in [0.1, 0.15) is 5.56 Å². The number of pyridine rings is 1. The van der Waals surface area contributed by atoms with Gasteiger partial charge in [0.25, 0.3) is 0 Å². The summed E-state index contributed by atoms with van der Waals surface area (Å²) >= 11 is 5.32. The van der Waals surface area contributed by atoms with Gasteiger partial charge in [0, 0.05) is 18.3 Å². The minimum Gasteiger partial charge on any atom is -0.493 e.